The van der Waals surface area contributed by atoms with Crippen molar-refractivity contribution in [2.45, 2.75) is 50.9 Å². The van der Waals surface area contributed by atoms with Crippen molar-refractivity contribution in [3.05, 3.63) is 41.5 Å². The average Bonchev–Trinajstić information content (AvgIpc) is 2.55. The lowest BCUT2D eigenvalue weighted by molar-refractivity contribution is -0.137. The van der Waals surface area contributed by atoms with E-state index < -0.39 is 17.6 Å². The van der Waals surface area contributed by atoms with Crippen LogP contribution in [0.3, 0.4) is 0 Å². The van der Waals surface area contributed by atoms with E-state index in [0.29, 0.717) is 23.3 Å². The van der Waals surface area contributed by atoms with Crippen LogP contribution in [0.5, 0.6) is 0 Å². The molecule has 2 aromatic rings. The highest BCUT2D eigenvalue weighted by Gasteiger charge is 2.31. The van der Waals surface area contributed by atoms with Crippen LogP contribution >= 0.6 is 0 Å². The minimum absolute atomic E-state index is 0.0433. The van der Waals surface area contributed by atoms with Gasteiger partial charge in [-0.15, -0.1) is 0 Å². The fourth-order valence-corrected chi connectivity index (χ4v) is 3.25. The Morgan fingerprint density at radius 3 is 2.58 bits per heavy atom. The maximum absolute atomic E-state index is 14.2. The van der Waals surface area contributed by atoms with Crippen LogP contribution in [0.15, 0.2) is 24.4 Å². The van der Waals surface area contributed by atoms with Crippen molar-refractivity contribution in [3.63, 3.8) is 0 Å². The van der Waals surface area contributed by atoms with E-state index in [0.717, 1.165) is 37.8 Å². The third-order valence-electron chi connectivity index (χ3n) is 4.61. The highest BCUT2D eigenvalue weighted by molar-refractivity contribution is 5.66. The van der Waals surface area contributed by atoms with Crippen molar-refractivity contribution in [1.29, 1.82) is 0 Å². The summed E-state index contributed by atoms with van der Waals surface area (Å²) in [5.41, 5.74) is 5.84. The molecule has 4 nitrogen and oxygen atoms in total. The van der Waals surface area contributed by atoms with Crippen molar-refractivity contribution in [2.75, 3.05) is 5.32 Å². The maximum Gasteiger partial charge on any atom is 0.416 e. The van der Waals surface area contributed by atoms with Gasteiger partial charge in [-0.3, -0.25) is 0 Å². The van der Waals surface area contributed by atoms with Crippen LogP contribution in [0.1, 0.15) is 36.9 Å². The van der Waals surface area contributed by atoms with Gasteiger partial charge >= 0.3 is 6.18 Å². The summed E-state index contributed by atoms with van der Waals surface area (Å²) in [6.07, 6.45) is 0.693. The predicted molar refractivity (Wildman–Crippen MR) is 91.0 cm³/mol. The van der Waals surface area contributed by atoms with Gasteiger partial charge in [-0.1, -0.05) is 6.07 Å². The first-order valence-electron chi connectivity index (χ1n) is 8.47. The van der Waals surface area contributed by atoms with E-state index in [1.165, 1.54) is 6.20 Å². The van der Waals surface area contributed by atoms with Gasteiger partial charge in [-0.05, 0) is 44.7 Å². The van der Waals surface area contributed by atoms with Crippen LogP contribution in [-0.2, 0) is 6.18 Å². The smallest absolute Gasteiger partial charge is 0.351 e. The van der Waals surface area contributed by atoms with Gasteiger partial charge in [0.2, 0.25) is 5.95 Å². The van der Waals surface area contributed by atoms with E-state index >= 15 is 0 Å². The van der Waals surface area contributed by atoms with Gasteiger partial charge in [0, 0.05) is 29.4 Å². The molecule has 140 valence electrons. The molecule has 1 aliphatic rings. The number of nitrogens with two attached hydrogens (primary N) is 1. The number of hydrogen-bond acceptors (Lipinski definition) is 4. The molecule has 1 aromatic carbocycles. The van der Waals surface area contributed by atoms with Gasteiger partial charge < -0.3 is 11.1 Å². The van der Waals surface area contributed by atoms with Crippen molar-refractivity contribution in [3.8, 4) is 11.1 Å². The molecule has 0 radical (unpaired) electrons. The molecule has 0 aliphatic heterocycles. The monoisotopic (exact) mass is 368 g/mol. The predicted octanol–water partition coefficient (Wildman–Crippen LogP) is 4.29. The minimum atomic E-state index is -4.58. The Hall–Kier alpha value is -2.22. The molecule has 0 bridgehead atoms. The average molecular weight is 368 g/mol. The zero-order chi connectivity index (χ0) is 18.9. The first-order chi connectivity index (χ1) is 12.2. The number of benzene rings is 1. The quantitative estimate of drug-likeness (QED) is 0.794. The molecule has 0 saturated heterocycles. The summed E-state index contributed by atoms with van der Waals surface area (Å²) < 4.78 is 52.2. The first kappa shape index (κ1) is 18.6. The highest BCUT2D eigenvalue weighted by atomic mass is 19.4. The van der Waals surface area contributed by atoms with Crippen molar-refractivity contribution >= 4 is 5.95 Å². The number of aromatic nitrogens is 2. The molecule has 1 saturated carbocycles. The number of alkyl halides is 3. The number of rotatable bonds is 3. The van der Waals surface area contributed by atoms with Crippen LogP contribution in [0.25, 0.3) is 11.1 Å². The molecular weight excluding hydrogens is 348 g/mol. The summed E-state index contributed by atoms with van der Waals surface area (Å²) in [7, 11) is 0. The lowest BCUT2D eigenvalue weighted by Crippen LogP contribution is -2.35. The van der Waals surface area contributed by atoms with Gasteiger partial charge in [0.25, 0.3) is 0 Å². The van der Waals surface area contributed by atoms with E-state index in [-0.39, 0.29) is 17.6 Å². The molecule has 1 aromatic heterocycles. The molecule has 8 heteroatoms. The fourth-order valence-electron chi connectivity index (χ4n) is 3.25. The zero-order valence-electron chi connectivity index (χ0n) is 14.3. The van der Waals surface area contributed by atoms with Gasteiger partial charge in [0.15, 0.2) is 0 Å². The summed E-state index contributed by atoms with van der Waals surface area (Å²) in [6, 6.07) is 2.80. The second kappa shape index (κ2) is 7.19. The van der Waals surface area contributed by atoms with E-state index in [9.17, 15) is 17.6 Å². The summed E-state index contributed by atoms with van der Waals surface area (Å²) >= 11 is 0. The van der Waals surface area contributed by atoms with Crippen LogP contribution in [0.2, 0.25) is 0 Å². The molecule has 0 amide bonds. The molecule has 2 atom stereocenters. The third kappa shape index (κ3) is 4.12. The molecule has 3 N–H and O–H groups in total. The fraction of sp³-hybridized carbons (Fsp3) is 0.444. The number of aryl methyl sites for hydroxylation is 1. The number of nitrogens with zero attached hydrogens (tertiary/aromatic N) is 2. The summed E-state index contributed by atoms with van der Waals surface area (Å²) in [4.78, 5) is 8.52. The van der Waals surface area contributed by atoms with Gasteiger partial charge in [0.1, 0.15) is 5.82 Å². The van der Waals surface area contributed by atoms with E-state index in [2.05, 4.69) is 15.3 Å². The summed E-state index contributed by atoms with van der Waals surface area (Å²) in [5.74, 6) is -0.539. The number of hydrogen-bond donors (Lipinski definition) is 2. The Morgan fingerprint density at radius 1 is 1.19 bits per heavy atom. The van der Waals surface area contributed by atoms with Crippen LogP contribution in [0.4, 0.5) is 23.5 Å². The number of anilines is 1. The Kier molecular flexibility index (Phi) is 5.13. The Balaban J connectivity index is 1.81. The SMILES string of the molecule is Cc1nc(N[C@H]2CCC[C@H](N)C2)ncc1-c1ccc(C(F)(F)F)cc1F. The number of nitrogens with one attached hydrogen (secondary N) is 1. The van der Waals surface area contributed by atoms with Crippen LogP contribution in [-0.4, -0.2) is 22.1 Å². The molecule has 0 spiro atoms. The van der Waals surface area contributed by atoms with Gasteiger partial charge in [0.05, 0.1) is 11.3 Å². The van der Waals surface area contributed by atoms with Crippen molar-refractivity contribution in [1.82, 2.24) is 9.97 Å². The second-order valence-corrected chi connectivity index (χ2v) is 6.65. The third-order valence-corrected chi connectivity index (χ3v) is 4.61. The normalized spacial score (nSPS) is 20.8. The second-order valence-electron chi connectivity index (χ2n) is 6.65. The summed E-state index contributed by atoms with van der Waals surface area (Å²) in [6.45, 7) is 1.67. The first-order valence-corrected chi connectivity index (χ1v) is 8.47. The molecule has 1 aliphatic carbocycles. The van der Waals surface area contributed by atoms with Gasteiger partial charge in [-0.2, -0.15) is 13.2 Å². The lowest BCUT2D eigenvalue weighted by atomic mass is 9.92. The molecular formula is C18H20F4N4. The standard InChI is InChI=1S/C18H20F4N4/c1-10-15(14-6-5-11(7-16(14)19)18(20,21)22)9-24-17(25-10)26-13-4-2-3-12(23)8-13/h5-7,9,12-13H,2-4,8,23H2,1H3,(H,24,25,26)/t12-,13-/m0/s1. The van der Waals surface area contributed by atoms with E-state index in [1.807, 2.05) is 0 Å². The molecule has 3 rings (SSSR count). The molecule has 1 heterocycles. The Morgan fingerprint density at radius 2 is 1.96 bits per heavy atom. The Bertz CT molecular complexity index is 791. The molecule has 1 fully saturated rings. The minimum Gasteiger partial charge on any atom is -0.351 e. The van der Waals surface area contributed by atoms with E-state index in [4.69, 9.17) is 5.73 Å². The maximum atomic E-state index is 14.2. The van der Waals surface area contributed by atoms with Crippen molar-refractivity contribution < 1.29 is 17.6 Å². The van der Waals surface area contributed by atoms with Crippen LogP contribution in [0, 0.1) is 12.7 Å². The Labute approximate surface area is 148 Å². The molecule has 26 heavy (non-hydrogen) atoms. The van der Waals surface area contributed by atoms with E-state index in [1.54, 1.807) is 6.92 Å². The summed E-state index contributed by atoms with van der Waals surface area (Å²) in [5, 5.41) is 3.23. The van der Waals surface area contributed by atoms with Gasteiger partial charge in [-0.25, -0.2) is 14.4 Å². The highest BCUT2D eigenvalue weighted by Crippen LogP contribution is 2.33. The lowest BCUT2D eigenvalue weighted by Gasteiger charge is -2.27. The van der Waals surface area contributed by atoms with Crippen molar-refractivity contribution in [2.24, 2.45) is 5.73 Å². The number of halogens is 4. The topological polar surface area (TPSA) is 63.8 Å². The zero-order valence-corrected chi connectivity index (χ0v) is 14.3. The largest absolute Gasteiger partial charge is 0.416 e. The molecule has 0 unspecified atom stereocenters. The van der Waals surface area contributed by atoms with Crippen LogP contribution < -0.4 is 11.1 Å².